The Labute approximate surface area is 230 Å². The summed E-state index contributed by atoms with van der Waals surface area (Å²) in [6.07, 6.45) is 7.51. The third-order valence-corrected chi connectivity index (χ3v) is 3.63. The molecule has 7 heteroatoms. The molecule has 0 spiro atoms. The van der Waals surface area contributed by atoms with Gasteiger partial charge in [0.05, 0.1) is 17.9 Å². The van der Waals surface area contributed by atoms with E-state index in [0.29, 0.717) is 0 Å². The van der Waals surface area contributed by atoms with Crippen molar-refractivity contribution in [3.63, 3.8) is 0 Å². The van der Waals surface area contributed by atoms with Gasteiger partial charge in [0.25, 0.3) is 0 Å². The molecule has 0 aliphatic rings. The number of rotatable bonds is 6. The van der Waals surface area contributed by atoms with Crippen LogP contribution in [0.25, 0.3) is 18.2 Å². The van der Waals surface area contributed by atoms with E-state index in [9.17, 15) is 29.7 Å². The number of carboxylic acids is 3. The molecule has 0 amide bonds. The summed E-state index contributed by atoms with van der Waals surface area (Å²) in [7, 11) is 0. The van der Waals surface area contributed by atoms with Crippen molar-refractivity contribution in [3.8, 4) is 0 Å². The van der Waals surface area contributed by atoms with E-state index in [1.165, 1.54) is 18.2 Å². The normalized spacial score (nSPS) is 9.88. The van der Waals surface area contributed by atoms with Gasteiger partial charge in [0.2, 0.25) is 0 Å². The van der Waals surface area contributed by atoms with Crippen LogP contribution in [-0.2, 0) is 14.4 Å². The molecule has 0 saturated heterocycles. The van der Waals surface area contributed by atoms with Crippen LogP contribution >= 0.6 is 0 Å². The minimum absolute atomic E-state index is 0. The monoisotopic (exact) mass is 599 g/mol. The van der Waals surface area contributed by atoms with Crippen molar-refractivity contribution >= 4 is 36.1 Å². The van der Waals surface area contributed by atoms with Gasteiger partial charge in [-0.25, -0.2) is 0 Å². The van der Waals surface area contributed by atoms with Gasteiger partial charge >= 0.3 is 39.9 Å². The average molecular weight is 599 g/mol. The number of carbonyl (C=O) groups is 3. The molecule has 0 unspecified atom stereocenters. The number of hydrogen-bond acceptors (Lipinski definition) is 6. The maximum absolute atomic E-state index is 9.97. The zero-order valence-corrected chi connectivity index (χ0v) is 20.2. The van der Waals surface area contributed by atoms with E-state index < -0.39 is 17.9 Å². The molecular weight excluding hydrogens is 578 g/mol. The van der Waals surface area contributed by atoms with Crippen LogP contribution in [0, 0.1) is 39.9 Å². The van der Waals surface area contributed by atoms with Crippen LogP contribution in [0.1, 0.15) is 16.7 Å². The summed E-state index contributed by atoms with van der Waals surface area (Å²) in [4.78, 5) is 29.9. The van der Waals surface area contributed by atoms with Gasteiger partial charge in [-0.2, -0.15) is 0 Å². The van der Waals surface area contributed by atoms with Crippen LogP contribution in [0.15, 0.2) is 109 Å². The Morgan fingerprint density at radius 1 is 0.441 bits per heavy atom. The van der Waals surface area contributed by atoms with Crippen LogP contribution in [0.3, 0.4) is 0 Å². The zero-order chi connectivity index (χ0) is 24.3. The first-order valence-corrected chi connectivity index (χ1v) is 9.69. The van der Waals surface area contributed by atoms with E-state index in [0.717, 1.165) is 34.9 Å². The molecular formula is C27H21GdO6. The quantitative estimate of drug-likeness (QED) is 0.395. The molecule has 0 aromatic heterocycles. The second-order valence-corrected chi connectivity index (χ2v) is 6.19. The minimum Gasteiger partial charge on any atom is -0.545 e. The van der Waals surface area contributed by atoms with E-state index >= 15 is 0 Å². The summed E-state index contributed by atoms with van der Waals surface area (Å²) in [6, 6.07) is 27.6. The number of aliphatic carboxylic acids is 3. The summed E-state index contributed by atoms with van der Waals surface area (Å²) in [5.74, 6) is -3.52. The zero-order valence-electron chi connectivity index (χ0n) is 17.9. The van der Waals surface area contributed by atoms with E-state index in [2.05, 4.69) is 0 Å². The predicted molar refractivity (Wildman–Crippen MR) is 121 cm³/mol. The van der Waals surface area contributed by atoms with Crippen LogP contribution < -0.4 is 15.3 Å². The second-order valence-electron chi connectivity index (χ2n) is 6.19. The van der Waals surface area contributed by atoms with E-state index in [4.69, 9.17) is 0 Å². The largest absolute Gasteiger partial charge is 3.00 e. The van der Waals surface area contributed by atoms with Gasteiger partial charge in [0.1, 0.15) is 0 Å². The summed E-state index contributed by atoms with van der Waals surface area (Å²) in [6.45, 7) is 0. The van der Waals surface area contributed by atoms with Gasteiger partial charge in [0.15, 0.2) is 0 Å². The molecule has 1 radical (unpaired) electrons. The number of benzene rings is 3. The standard InChI is InChI=1S/3C9H8O2.Gd/c3*10-9(11)7-6-8-4-2-1-3-5-8;/h3*1-7H,(H,10,11);/q;;;+3/p-3/b3*7-6+;. The van der Waals surface area contributed by atoms with Gasteiger partial charge in [-0.1, -0.05) is 109 Å². The van der Waals surface area contributed by atoms with Crippen LogP contribution in [0.5, 0.6) is 0 Å². The molecule has 3 aromatic rings. The van der Waals surface area contributed by atoms with E-state index in [1.807, 2.05) is 91.0 Å². The van der Waals surface area contributed by atoms with E-state index in [1.54, 1.807) is 0 Å². The van der Waals surface area contributed by atoms with Crippen LogP contribution in [0.2, 0.25) is 0 Å². The van der Waals surface area contributed by atoms with Crippen molar-refractivity contribution in [2.75, 3.05) is 0 Å². The molecule has 6 nitrogen and oxygen atoms in total. The van der Waals surface area contributed by atoms with Crippen LogP contribution in [-0.4, -0.2) is 17.9 Å². The summed E-state index contributed by atoms with van der Waals surface area (Å²) in [5.41, 5.74) is 2.57. The van der Waals surface area contributed by atoms with Gasteiger partial charge in [-0.15, -0.1) is 0 Å². The van der Waals surface area contributed by atoms with Crippen molar-refractivity contribution < 1.29 is 69.6 Å². The van der Waals surface area contributed by atoms with Gasteiger partial charge in [0, 0.05) is 0 Å². The Morgan fingerprint density at radius 2 is 0.647 bits per heavy atom. The maximum Gasteiger partial charge on any atom is 3.00 e. The number of carboxylic acid groups (broad SMARTS) is 3. The fraction of sp³-hybridized carbons (Fsp3) is 0. The van der Waals surface area contributed by atoms with Gasteiger partial charge < -0.3 is 29.7 Å². The number of carbonyl (C=O) groups excluding carboxylic acids is 3. The fourth-order valence-corrected chi connectivity index (χ4v) is 2.19. The molecule has 0 aliphatic carbocycles. The van der Waals surface area contributed by atoms with Crippen molar-refractivity contribution in [2.24, 2.45) is 0 Å². The first-order valence-electron chi connectivity index (χ1n) is 9.69. The Bertz CT molecular complexity index is 934. The smallest absolute Gasteiger partial charge is 0.545 e. The summed E-state index contributed by atoms with van der Waals surface area (Å²) in [5, 5.41) is 29.9. The molecule has 0 bridgehead atoms. The number of hydrogen-bond donors (Lipinski definition) is 0. The summed E-state index contributed by atoms with van der Waals surface area (Å²) >= 11 is 0. The minimum atomic E-state index is -1.17. The Balaban J connectivity index is 0.000000473. The molecule has 34 heavy (non-hydrogen) atoms. The average Bonchev–Trinajstić information content (AvgIpc) is 2.83. The van der Waals surface area contributed by atoms with Crippen molar-refractivity contribution in [2.45, 2.75) is 0 Å². The summed E-state index contributed by atoms with van der Waals surface area (Å²) < 4.78 is 0. The van der Waals surface area contributed by atoms with Crippen LogP contribution in [0.4, 0.5) is 0 Å². The molecule has 0 saturated carbocycles. The second kappa shape index (κ2) is 19.1. The first-order chi connectivity index (χ1) is 15.9. The molecule has 0 N–H and O–H groups in total. The van der Waals surface area contributed by atoms with Crippen molar-refractivity contribution in [1.82, 2.24) is 0 Å². The molecule has 3 rings (SSSR count). The maximum atomic E-state index is 9.97. The molecule has 0 fully saturated rings. The third-order valence-electron chi connectivity index (χ3n) is 3.63. The Morgan fingerprint density at radius 3 is 0.824 bits per heavy atom. The fourth-order valence-electron chi connectivity index (χ4n) is 2.19. The molecule has 3 aromatic carbocycles. The Kier molecular flexibility index (Phi) is 17.2. The van der Waals surface area contributed by atoms with Crippen molar-refractivity contribution in [1.29, 1.82) is 0 Å². The predicted octanol–water partition coefficient (Wildman–Crippen LogP) is 1.35. The molecule has 0 atom stereocenters. The Hall–Kier alpha value is -3.39. The van der Waals surface area contributed by atoms with E-state index in [-0.39, 0.29) is 39.9 Å². The van der Waals surface area contributed by atoms with Gasteiger partial charge in [-0.3, -0.25) is 0 Å². The SMILES string of the molecule is O=C([O-])/C=C/c1ccccc1.O=C([O-])/C=C/c1ccccc1.O=C([O-])/C=C/c1ccccc1.[Gd+3]. The topological polar surface area (TPSA) is 120 Å². The molecule has 0 heterocycles. The van der Waals surface area contributed by atoms with Crippen molar-refractivity contribution in [3.05, 3.63) is 126 Å². The third kappa shape index (κ3) is 17.2. The first kappa shape index (κ1) is 30.6. The van der Waals surface area contributed by atoms with Gasteiger partial charge in [-0.05, 0) is 34.9 Å². The molecule has 0 aliphatic heterocycles. The molecule has 173 valence electrons.